The Kier molecular flexibility index (Phi) is 3.45. The van der Waals surface area contributed by atoms with E-state index in [0.29, 0.717) is 10.2 Å². The molecule has 1 heterocycles. The van der Waals surface area contributed by atoms with Crippen molar-refractivity contribution < 1.29 is 4.74 Å². The average Bonchev–Trinajstić information content (AvgIpc) is 2.38. The van der Waals surface area contributed by atoms with Crippen molar-refractivity contribution >= 4 is 12.2 Å². The van der Waals surface area contributed by atoms with Gasteiger partial charge in [-0.3, -0.25) is 0 Å². The quantitative estimate of drug-likeness (QED) is 0.835. The smallest absolute Gasteiger partial charge is 0.121 e. The van der Waals surface area contributed by atoms with Gasteiger partial charge < -0.3 is 9.72 Å². The van der Waals surface area contributed by atoms with Crippen molar-refractivity contribution in [2.75, 3.05) is 7.11 Å². The summed E-state index contributed by atoms with van der Waals surface area (Å²) in [6, 6.07) is 11.5. The number of hydrogen-bond acceptors (Lipinski definition) is 3. The minimum atomic E-state index is 0.462. The molecule has 0 spiro atoms. The first-order valence-electron chi connectivity index (χ1n) is 5.44. The van der Waals surface area contributed by atoms with Gasteiger partial charge in [0.05, 0.1) is 12.7 Å². The molecule has 1 aromatic heterocycles. The molecule has 2 rings (SSSR count). The van der Waals surface area contributed by atoms with Crippen molar-refractivity contribution in [2.45, 2.75) is 6.92 Å². The topological polar surface area (TPSA) is 48.8 Å². The molecule has 0 aliphatic heterocycles. The van der Waals surface area contributed by atoms with Gasteiger partial charge in [0.2, 0.25) is 0 Å². The lowest BCUT2D eigenvalue weighted by Crippen LogP contribution is -1.90. The lowest BCUT2D eigenvalue weighted by molar-refractivity contribution is 0.412. The fraction of sp³-hybridized carbons (Fsp3) is 0.143. The Hall–Kier alpha value is -2.12. The summed E-state index contributed by atoms with van der Waals surface area (Å²) in [6.07, 6.45) is 0. The highest BCUT2D eigenvalue weighted by atomic mass is 32.1. The van der Waals surface area contributed by atoms with Crippen LogP contribution in [0.2, 0.25) is 0 Å². The molecule has 0 aliphatic carbocycles. The van der Waals surface area contributed by atoms with E-state index in [-0.39, 0.29) is 0 Å². The van der Waals surface area contributed by atoms with Crippen molar-refractivity contribution in [3.05, 3.63) is 46.1 Å². The van der Waals surface area contributed by atoms with Gasteiger partial charge in [-0.25, -0.2) is 0 Å². The summed E-state index contributed by atoms with van der Waals surface area (Å²) in [4.78, 5) is 3.06. The number of nitrogens with one attached hydrogen (secondary N) is 1. The van der Waals surface area contributed by atoms with E-state index < -0.39 is 0 Å². The lowest BCUT2D eigenvalue weighted by atomic mass is 10.1. The Balaban J connectivity index is 2.50. The van der Waals surface area contributed by atoms with E-state index in [9.17, 15) is 0 Å². The van der Waals surface area contributed by atoms with Crippen LogP contribution in [0.1, 0.15) is 11.1 Å². The molecule has 0 aliphatic rings. The van der Waals surface area contributed by atoms with Gasteiger partial charge in [0.25, 0.3) is 0 Å². The Bertz CT molecular complexity index is 683. The summed E-state index contributed by atoms with van der Waals surface area (Å²) in [5, 5.41) is 8.84. The number of nitrogens with zero attached hydrogens (tertiary/aromatic N) is 1. The molecule has 0 amide bonds. The third kappa shape index (κ3) is 2.27. The predicted octanol–water partition coefficient (Wildman–Crippen LogP) is 3.60. The van der Waals surface area contributed by atoms with Crippen LogP contribution < -0.4 is 4.74 Å². The summed E-state index contributed by atoms with van der Waals surface area (Å²) in [6.45, 7) is 1.99. The second-order valence-corrected chi connectivity index (χ2v) is 4.32. The Morgan fingerprint density at radius 2 is 2.06 bits per heavy atom. The Labute approximate surface area is 111 Å². The number of nitriles is 1. The molecular formula is C14H12N2OS. The summed E-state index contributed by atoms with van der Waals surface area (Å²) >= 11 is 5.12. The minimum Gasteiger partial charge on any atom is -0.496 e. The van der Waals surface area contributed by atoms with E-state index in [4.69, 9.17) is 22.2 Å². The van der Waals surface area contributed by atoms with Crippen molar-refractivity contribution in [1.29, 1.82) is 5.26 Å². The molecule has 3 nitrogen and oxygen atoms in total. The summed E-state index contributed by atoms with van der Waals surface area (Å²) in [5.41, 5.74) is 3.45. The first-order chi connectivity index (χ1) is 8.65. The van der Waals surface area contributed by atoms with Crippen LogP contribution in [0.4, 0.5) is 0 Å². The Morgan fingerprint density at radius 3 is 2.61 bits per heavy atom. The van der Waals surface area contributed by atoms with E-state index in [2.05, 4.69) is 4.98 Å². The van der Waals surface area contributed by atoms with Crippen LogP contribution in [-0.4, -0.2) is 12.1 Å². The van der Waals surface area contributed by atoms with Crippen LogP contribution in [0.25, 0.3) is 11.3 Å². The SMILES string of the molecule is COc1ccc(-c2ccc(C#N)c(=S)[nH]2)cc1C. The minimum absolute atomic E-state index is 0.462. The molecule has 1 aromatic carbocycles. The van der Waals surface area contributed by atoms with E-state index in [1.165, 1.54) is 0 Å². The number of aromatic nitrogens is 1. The Morgan fingerprint density at radius 1 is 1.28 bits per heavy atom. The first-order valence-corrected chi connectivity index (χ1v) is 5.85. The maximum Gasteiger partial charge on any atom is 0.121 e. The molecule has 2 aromatic rings. The van der Waals surface area contributed by atoms with E-state index >= 15 is 0 Å². The summed E-state index contributed by atoms with van der Waals surface area (Å²) in [7, 11) is 1.65. The van der Waals surface area contributed by atoms with Crippen LogP contribution in [0.5, 0.6) is 5.75 Å². The van der Waals surface area contributed by atoms with Crippen LogP contribution in [0, 0.1) is 22.9 Å². The van der Waals surface area contributed by atoms with Crippen molar-refractivity contribution in [3.63, 3.8) is 0 Å². The number of hydrogen-bond donors (Lipinski definition) is 1. The normalized spacial score (nSPS) is 9.83. The summed E-state index contributed by atoms with van der Waals surface area (Å²) < 4.78 is 5.68. The van der Waals surface area contributed by atoms with Gasteiger partial charge in [-0.15, -0.1) is 0 Å². The number of aryl methyl sites for hydroxylation is 1. The molecule has 0 bridgehead atoms. The molecule has 0 fully saturated rings. The zero-order chi connectivity index (χ0) is 13.1. The molecule has 4 heteroatoms. The third-order valence-corrected chi connectivity index (χ3v) is 3.06. The third-order valence-electron chi connectivity index (χ3n) is 2.74. The molecule has 0 unspecified atom stereocenters. The summed E-state index contributed by atoms with van der Waals surface area (Å²) in [5.74, 6) is 0.853. The van der Waals surface area contributed by atoms with Gasteiger partial charge in [-0.2, -0.15) is 5.26 Å². The van der Waals surface area contributed by atoms with Crippen molar-refractivity contribution in [3.8, 4) is 23.1 Å². The number of aromatic amines is 1. The number of pyridine rings is 1. The lowest BCUT2D eigenvalue weighted by Gasteiger charge is -2.07. The van der Waals surface area contributed by atoms with Crippen LogP contribution in [0.3, 0.4) is 0 Å². The molecule has 0 saturated carbocycles. The molecule has 0 atom stereocenters. The van der Waals surface area contributed by atoms with Gasteiger partial charge in [-0.1, -0.05) is 12.2 Å². The molecule has 18 heavy (non-hydrogen) atoms. The fourth-order valence-electron chi connectivity index (χ4n) is 1.78. The fourth-order valence-corrected chi connectivity index (χ4v) is 2.00. The van der Waals surface area contributed by atoms with Gasteiger partial charge >= 0.3 is 0 Å². The van der Waals surface area contributed by atoms with Crippen molar-refractivity contribution in [1.82, 2.24) is 4.98 Å². The molecule has 1 N–H and O–H groups in total. The maximum absolute atomic E-state index is 8.84. The monoisotopic (exact) mass is 256 g/mol. The number of benzene rings is 1. The molecule has 0 radical (unpaired) electrons. The van der Waals surface area contributed by atoms with Crippen LogP contribution in [0.15, 0.2) is 30.3 Å². The second kappa shape index (κ2) is 5.03. The average molecular weight is 256 g/mol. The number of H-pyrrole nitrogens is 1. The van der Waals surface area contributed by atoms with Gasteiger partial charge in [0.15, 0.2) is 0 Å². The first kappa shape index (κ1) is 12.3. The van der Waals surface area contributed by atoms with E-state index in [1.807, 2.05) is 37.3 Å². The van der Waals surface area contributed by atoms with Gasteiger partial charge in [0.1, 0.15) is 16.5 Å². The largest absolute Gasteiger partial charge is 0.496 e. The highest BCUT2D eigenvalue weighted by molar-refractivity contribution is 7.71. The number of ether oxygens (including phenoxy) is 1. The standard InChI is InChI=1S/C14H12N2OS/c1-9-7-10(4-6-13(9)17-2)12-5-3-11(8-15)14(18)16-12/h3-7H,1-2H3,(H,16,18). The highest BCUT2D eigenvalue weighted by Crippen LogP contribution is 2.25. The zero-order valence-electron chi connectivity index (χ0n) is 10.2. The number of methoxy groups -OCH3 is 1. The molecule has 90 valence electrons. The highest BCUT2D eigenvalue weighted by Gasteiger charge is 2.03. The number of rotatable bonds is 2. The van der Waals surface area contributed by atoms with E-state index in [1.54, 1.807) is 13.2 Å². The predicted molar refractivity (Wildman–Crippen MR) is 73.1 cm³/mol. The van der Waals surface area contributed by atoms with E-state index in [0.717, 1.165) is 22.6 Å². The second-order valence-electron chi connectivity index (χ2n) is 3.91. The zero-order valence-corrected chi connectivity index (χ0v) is 11.0. The van der Waals surface area contributed by atoms with Crippen LogP contribution in [-0.2, 0) is 0 Å². The van der Waals surface area contributed by atoms with Gasteiger partial charge in [0, 0.05) is 5.69 Å². The molecular weight excluding hydrogens is 244 g/mol. The van der Waals surface area contributed by atoms with Crippen molar-refractivity contribution in [2.24, 2.45) is 0 Å². The maximum atomic E-state index is 8.84. The van der Waals surface area contributed by atoms with Gasteiger partial charge in [-0.05, 0) is 48.4 Å². The molecule has 0 saturated heterocycles. The van der Waals surface area contributed by atoms with Crippen LogP contribution >= 0.6 is 12.2 Å².